The number of halogens is 1. The number of carbonyl (C=O) groups excluding carboxylic acids is 1. The molecule has 2 N–H and O–H groups in total. The zero-order valence-electron chi connectivity index (χ0n) is 12.2. The summed E-state index contributed by atoms with van der Waals surface area (Å²) in [7, 11) is 1.87. The van der Waals surface area contributed by atoms with Crippen LogP contribution < -0.4 is 10.6 Å². The molecule has 112 valence electrons. The molecule has 0 atom stereocenters. The molecule has 0 unspecified atom stereocenters. The van der Waals surface area contributed by atoms with Crippen molar-refractivity contribution in [2.75, 3.05) is 20.1 Å². The molecule has 4 heteroatoms. The Bertz CT molecular complexity index is 404. The van der Waals surface area contributed by atoms with Crippen LogP contribution >= 0.6 is 12.4 Å². The van der Waals surface area contributed by atoms with Crippen molar-refractivity contribution < 1.29 is 4.79 Å². The van der Waals surface area contributed by atoms with Crippen LogP contribution in [0, 0.1) is 5.41 Å². The highest BCUT2D eigenvalue weighted by molar-refractivity contribution is 5.85. The minimum Gasteiger partial charge on any atom is -0.355 e. The van der Waals surface area contributed by atoms with Crippen molar-refractivity contribution in [3.8, 4) is 0 Å². The highest BCUT2D eigenvalue weighted by Crippen LogP contribution is 2.43. The summed E-state index contributed by atoms with van der Waals surface area (Å²) >= 11 is 0. The fraction of sp³-hybridized carbons (Fsp3) is 0.562. The fourth-order valence-electron chi connectivity index (χ4n) is 2.73. The Morgan fingerprint density at radius 1 is 1.25 bits per heavy atom. The Kier molecular flexibility index (Phi) is 7.03. The van der Waals surface area contributed by atoms with E-state index >= 15 is 0 Å². The van der Waals surface area contributed by atoms with Gasteiger partial charge in [0.05, 0.1) is 0 Å². The third kappa shape index (κ3) is 4.80. The molecule has 0 spiro atoms. The monoisotopic (exact) mass is 296 g/mol. The van der Waals surface area contributed by atoms with Crippen molar-refractivity contribution >= 4 is 18.3 Å². The van der Waals surface area contributed by atoms with Crippen LogP contribution in [0.5, 0.6) is 0 Å². The third-order valence-corrected chi connectivity index (χ3v) is 4.10. The second-order valence-corrected chi connectivity index (χ2v) is 5.65. The molecule has 0 saturated heterocycles. The van der Waals surface area contributed by atoms with Crippen molar-refractivity contribution in [2.24, 2.45) is 5.41 Å². The zero-order valence-corrected chi connectivity index (χ0v) is 13.0. The lowest BCUT2D eigenvalue weighted by molar-refractivity contribution is -0.121. The van der Waals surface area contributed by atoms with Crippen LogP contribution in [0.15, 0.2) is 30.3 Å². The van der Waals surface area contributed by atoms with E-state index < -0.39 is 0 Å². The van der Waals surface area contributed by atoms with Gasteiger partial charge in [0.15, 0.2) is 0 Å². The number of nitrogens with one attached hydrogen (secondary N) is 2. The lowest BCUT2D eigenvalue weighted by Gasteiger charge is -2.42. The zero-order chi connectivity index (χ0) is 13.6. The molecule has 1 aromatic carbocycles. The SMILES string of the molecule is CNCCC(=O)NCC1(Cc2ccccc2)CCC1.Cl. The minimum atomic E-state index is 0. The number of carbonyl (C=O) groups is 1. The van der Waals surface area contributed by atoms with E-state index in [1.54, 1.807) is 0 Å². The first-order valence-corrected chi connectivity index (χ1v) is 7.19. The average Bonchev–Trinajstić information content (AvgIpc) is 2.40. The molecule has 20 heavy (non-hydrogen) atoms. The molecule has 2 rings (SSSR count). The van der Waals surface area contributed by atoms with Gasteiger partial charge in [-0.05, 0) is 37.3 Å². The van der Waals surface area contributed by atoms with Gasteiger partial charge in [0.2, 0.25) is 5.91 Å². The molecule has 1 aliphatic rings. The van der Waals surface area contributed by atoms with E-state index in [4.69, 9.17) is 0 Å². The summed E-state index contributed by atoms with van der Waals surface area (Å²) in [5.74, 6) is 0.161. The van der Waals surface area contributed by atoms with E-state index in [2.05, 4.69) is 41.0 Å². The molecule has 1 aliphatic carbocycles. The van der Waals surface area contributed by atoms with Gasteiger partial charge in [-0.25, -0.2) is 0 Å². The number of hydrogen-bond donors (Lipinski definition) is 2. The maximum atomic E-state index is 11.7. The Balaban J connectivity index is 0.00000200. The molecular weight excluding hydrogens is 272 g/mol. The summed E-state index contributed by atoms with van der Waals surface area (Å²) < 4.78 is 0. The molecule has 1 fully saturated rings. The van der Waals surface area contributed by atoms with E-state index in [0.717, 1.165) is 19.5 Å². The maximum absolute atomic E-state index is 11.7. The van der Waals surface area contributed by atoms with Crippen LogP contribution in [0.4, 0.5) is 0 Å². The molecule has 0 heterocycles. The first kappa shape index (κ1) is 17.0. The van der Waals surface area contributed by atoms with Gasteiger partial charge < -0.3 is 10.6 Å². The normalized spacial score (nSPS) is 15.8. The van der Waals surface area contributed by atoms with Gasteiger partial charge in [0.1, 0.15) is 0 Å². The minimum absolute atomic E-state index is 0. The highest BCUT2D eigenvalue weighted by atomic mass is 35.5. The van der Waals surface area contributed by atoms with E-state index in [-0.39, 0.29) is 18.3 Å². The van der Waals surface area contributed by atoms with Crippen molar-refractivity contribution in [3.05, 3.63) is 35.9 Å². The van der Waals surface area contributed by atoms with Gasteiger partial charge in [-0.1, -0.05) is 36.8 Å². The molecule has 3 nitrogen and oxygen atoms in total. The second kappa shape index (κ2) is 8.28. The van der Waals surface area contributed by atoms with Gasteiger partial charge in [0, 0.05) is 19.5 Å². The van der Waals surface area contributed by atoms with Gasteiger partial charge in [-0.15, -0.1) is 12.4 Å². The summed E-state index contributed by atoms with van der Waals surface area (Å²) in [5, 5.41) is 6.10. The first-order valence-electron chi connectivity index (χ1n) is 7.19. The second-order valence-electron chi connectivity index (χ2n) is 5.65. The van der Waals surface area contributed by atoms with Crippen LogP contribution in [-0.4, -0.2) is 26.0 Å². The number of rotatable bonds is 7. The molecule has 0 aliphatic heterocycles. The molecule has 0 aromatic heterocycles. The fourth-order valence-corrected chi connectivity index (χ4v) is 2.73. The molecule has 0 radical (unpaired) electrons. The van der Waals surface area contributed by atoms with Gasteiger partial charge in [0.25, 0.3) is 0 Å². The number of hydrogen-bond acceptors (Lipinski definition) is 2. The average molecular weight is 297 g/mol. The summed E-state index contributed by atoms with van der Waals surface area (Å²) in [6.07, 6.45) is 5.40. The van der Waals surface area contributed by atoms with Crippen molar-refractivity contribution in [1.29, 1.82) is 0 Å². The predicted molar refractivity (Wildman–Crippen MR) is 85.2 cm³/mol. The Morgan fingerprint density at radius 3 is 2.50 bits per heavy atom. The largest absolute Gasteiger partial charge is 0.355 e. The summed E-state index contributed by atoms with van der Waals surface area (Å²) in [4.78, 5) is 11.7. The summed E-state index contributed by atoms with van der Waals surface area (Å²) in [5.41, 5.74) is 1.68. The molecule has 0 bridgehead atoms. The lowest BCUT2D eigenvalue weighted by Crippen LogP contribution is -2.44. The smallest absolute Gasteiger partial charge is 0.221 e. The molecule has 1 aromatic rings. The van der Waals surface area contributed by atoms with Crippen molar-refractivity contribution in [1.82, 2.24) is 10.6 Å². The van der Waals surface area contributed by atoms with E-state index in [1.165, 1.54) is 24.8 Å². The predicted octanol–water partition coefficient (Wildman–Crippen LogP) is 2.55. The topological polar surface area (TPSA) is 41.1 Å². The molecule has 1 amide bonds. The number of amides is 1. The summed E-state index contributed by atoms with van der Waals surface area (Å²) in [6, 6.07) is 10.6. The Labute approximate surface area is 127 Å². The van der Waals surface area contributed by atoms with Crippen LogP contribution in [0.1, 0.15) is 31.2 Å². The number of benzene rings is 1. The van der Waals surface area contributed by atoms with Gasteiger partial charge in [-0.3, -0.25) is 4.79 Å². The van der Waals surface area contributed by atoms with Gasteiger partial charge in [-0.2, -0.15) is 0 Å². The molecule has 1 saturated carbocycles. The molecular formula is C16H25ClN2O. The van der Waals surface area contributed by atoms with Crippen molar-refractivity contribution in [2.45, 2.75) is 32.1 Å². The summed E-state index contributed by atoms with van der Waals surface area (Å²) in [6.45, 7) is 1.57. The Hall–Kier alpha value is -1.06. The van der Waals surface area contributed by atoms with Crippen molar-refractivity contribution in [3.63, 3.8) is 0 Å². The maximum Gasteiger partial charge on any atom is 0.221 e. The van der Waals surface area contributed by atoms with E-state index in [0.29, 0.717) is 11.8 Å². The Morgan fingerprint density at radius 2 is 1.95 bits per heavy atom. The van der Waals surface area contributed by atoms with Crippen LogP contribution in [0.25, 0.3) is 0 Å². The quantitative estimate of drug-likeness (QED) is 0.812. The van der Waals surface area contributed by atoms with E-state index in [1.807, 2.05) is 7.05 Å². The van der Waals surface area contributed by atoms with Crippen LogP contribution in [0.2, 0.25) is 0 Å². The van der Waals surface area contributed by atoms with Crippen LogP contribution in [0.3, 0.4) is 0 Å². The highest BCUT2D eigenvalue weighted by Gasteiger charge is 2.37. The third-order valence-electron chi connectivity index (χ3n) is 4.10. The van der Waals surface area contributed by atoms with Gasteiger partial charge >= 0.3 is 0 Å². The lowest BCUT2D eigenvalue weighted by atomic mass is 9.65. The van der Waals surface area contributed by atoms with E-state index in [9.17, 15) is 4.79 Å². The standard InChI is InChI=1S/C16H24N2O.ClH/c1-17-11-8-15(19)18-13-16(9-5-10-16)12-14-6-3-2-4-7-14;/h2-4,6-7,17H,5,8-13H2,1H3,(H,18,19);1H. The van der Waals surface area contributed by atoms with Crippen LogP contribution in [-0.2, 0) is 11.2 Å². The first-order chi connectivity index (χ1) is 9.24.